The van der Waals surface area contributed by atoms with Crippen LogP contribution in [0.4, 0.5) is 0 Å². The Labute approximate surface area is 106 Å². The maximum absolute atomic E-state index is 12.1. The number of carbonyl (C=O) groups is 2. The van der Waals surface area contributed by atoms with Gasteiger partial charge in [-0.2, -0.15) is 0 Å². The van der Waals surface area contributed by atoms with Gasteiger partial charge in [0.2, 0.25) is 5.91 Å². The van der Waals surface area contributed by atoms with Crippen LogP contribution in [0, 0.1) is 6.92 Å². The lowest BCUT2D eigenvalue weighted by atomic mass is 10.1. The second kappa shape index (κ2) is 5.21. The van der Waals surface area contributed by atoms with E-state index in [1.54, 1.807) is 0 Å². The Morgan fingerprint density at radius 1 is 1.39 bits per heavy atom. The standard InChI is InChI=1S/C14H17NO3/c1-10-5-2-3-6-11(10)9-13(16)15-8-4-7-12(15)14(17)18/h2-3,5-6,12H,4,7-9H2,1H3,(H,17,18)/t12-/m0/s1. The Balaban J connectivity index is 2.08. The highest BCUT2D eigenvalue weighted by molar-refractivity contribution is 5.85. The van der Waals surface area contributed by atoms with Crippen molar-refractivity contribution in [3.05, 3.63) is 35.4 Å². The summed E-state index contributed by atoms with van der Waals surface area (Å²) in [5.41, 5.74) is 2.04. The lowest BCUT2D eigenvalue weighted by molar-refractivity contribution is -0.148. The minimum absolute atomic E-state index is 0.0887. The Bertz CT molecular complexity index is 470. The molecule has 1 aliphatic heterocycles. The number of carboxylic acids is 1. The van der Waals surface area contributed by atoms with Gasteiger partial charge in [0, 0.05) is 6.54 Å². The first-order chi connectivity index (χ1) is 8.59. The van der Waals surface area contributed by atoms with E-state index in [1.165, 1.54) is 4.90 Å². The van der Waals surface area contributed by atoms with Crippen LogP contribution in [0.3, 0.4) is 0 Å². The van der Waals surface area contributed by atoms with Gasteiger partial charge in [-0.1, -0.05) is 24.3 Å². The van der Waals surface area contributed by atoms with E-state index < -0.39 is 12.0 Å². The van der Waals surface area contributed by atoms with Gasteiger partial charge in [0.15, 0.2) is 0 Å². The van der Waals surface area contributed by atoms with Gasteiger partial charge in [-0.3, -0.25) is 4.79 Å². The van der Waals surface area contributed by atoms with E-state index in [4.69, 9.17) is 5.11 Å². The van der Waals surface area contributed by atoms with Crippen molar-refractivity contribution >= 4 is 11.9 Å². The van der Waals surface area contributed by atoms with Crippen molar-refractivity contribution in [3.63, 3.8) is 0 Å². The largest absolute Gasteiger partial charge is 0.480 e. The summed E-state index contributed by atoms with van der Waals surface area (Å²) in [6.45, 7) is 2.52. The summed E-state index contributed by atoms with van der Waals surface area (Å²) < 4.78 is 0. The number of likely N-dealkylation sites (tertiary alicyclic amines) is 1. The molecule has 0 radical (unpaired) electrons. The number of aliphatic carboxylic acids is 1. The number of benzene rings is 1. The van der Waals surface area contributed by atoms with Crippen LogP contribution in [-0.2, 0) is 16.0 Å². The minimum atomic E-state index is -0.898. The van der Waals surface area contributed by atoms with Gasteiger partial charge >= 0.3 is 5.97 Å². The monoisotopic (exact) mass is 247 g/mol. The van der Waals surface area contributed by atoms with Crippen LogP contribution in [0.2, 0.25) is 0 Å². The first-order valence-corrected chi connectivity index (χ1v) is 6.16. The Kier molecular flexibility index (Phi) is 3.65. The summed E-state index contributed by atoms with van der Waals surface area (Å²) in [5.74, 6) is -0.986. The number of hydrogen-bond acceptors (Lipinski definition) is 2. The Morgan fingerprint density at radius 3 is 2.78 bits per heavy atom. The molecule has 4 heteroatoms. The summed E-state index contributed by atoms with van der Waals surface area (Å²) in [7, 11) is 0. The highest BCUT2D eigenvalue weighted by Crippen LogP contribution is 2.19. The van der Waals surface area contributed by atoms with Crippen LogP contribution in [0.1, 0.15) is 24.0 Å². The predicted octanol–water partition coefficient (Wildman–Crippen LogP) is 1.61. The van der Waals surface area contributed by atoms with E-state index in [0.717, 1.165) is 17.5 Å². The van der Waals surface area contributed by atoms with Crippen LogP contribution in [0.25, 0.3) is 0 Å². The summed E-state index contributed by atoms with van der Waals surface area (Å²) in [6.07, 6.45) is 1.63. The summed E-state index contributed by atoms with van der Waals surface area (Å²) >= 11 is 0. The van der Waals surface area contributed by atoms with Crippen LogP contribution >= 0.6 is 0 Å². The Morgan fingerprint density at radius 2 is 2.11 bits per heavy atom. The number of carboxylic acid groups (broad SMARTS) is 1. The highest BCUT2D eigenvalue weighted by Gasteiger charge is 2.33. The molecule has 1 saturated heterocycles. The summed E-state index contributed by atoms with van der Waals surface area (Å²) in [6, 6.07) is 7.06. The molecule has 96 valence electrons. The zero-order valence-corrected chi connectivity index (χ0v) is 10.4. The summed E-state index contributed by atoms with van der Waals surface area (Å²) in [5, 5.41) is 9.06. The number of nitrogens with zero attached hydrogens (tertiary/aromatic N) is 1. The van der Waals surface area contributed by atoms with E-state index in [9.17, 15) is 9.59 Å². The van der Waals surface area contributed by atoms with E-state index in [2.05, 4.69) is 0 Å². The SMILES string of the molecule is Cc1ccccc1CC(=O)N1CCC[C@H]1C(=O)O. The number of aryl methyl sites for hydroxylation is 1. The maximum Gasteiger partial charge on any atom is 0.326 e. The second-order valence-corrected chi connectivity index (χ2v) is 4.69. The van der Waals surface area contributed by atoms with Gasteiger partial charge in [0.05, 0.1) is 6.42 Å². The smallest absolute Gasteiger partial charge is 0.326 e. The van der Waals surface area contributed by atoms with Crippen LogP contribution < -0.4 is 0 Å². The number of rotatable bonds is 3. The first-order valence-electron chi connectivity index (χ1n) is 6.16. The van der Waals surface area contributed by atoms with E-state index in [0.29, 0.717) is 13.0 Å². The molecule has 1 aromatic carbocycles. The molecule has 4 nitrogen and oxygen atoms in total. The molecule has 1 amide bonds. The predicted molar refractivity (Wildman–Crippen MR) is 67.3 cm³/mol. The van der Waals surface area contributed by atoms with Gasteiger partial charge < -0.3 is 10.0 Å². The Hall–Kier alpha value is -1.84. The van der Waals surface area contributed by atoms with E-state index in [-0.39, 0.29) is 12.3 Å². The van der Waals surface area contributed by atoms with Gasteiger partial charge in [0.25, 0.3) is 0 Å². The van der Waals surface area contributed by atoms with Crippen molar-refractivity contribution in [1.29, 1.82) is 0 Å². The zero-order valence-electron chi connectivity index (χ0n) is 10.4. The van der Waals surface area contributed by atoms with Crippen molar-refractivity contribution in [2.24, 2.45) is 0 Å². The van der Waals surface area contributed by atoms with Crippen molar-refractivity contribution in [3.8, 4) is 0 Å². The third kappa shape index (κ3) is 2.53. The molecule has 1 aromatic rings. The average molecular weight is 247 g/mol. The van der Waals surface area contributed by atoms with E-state index in [1.807, 2.05) is 31.2 Å². The van der Waals surface area contributed by atoms with Crippen molar-refractivity contribution in [2.75, 3.05) is 6.54 Å². The molecule has 0 aliphatic carbocycles. The lowest BCUT2D eigenvalue weighted by Crippen LogP contribution is -2.41. The average Bonchev–Trinajstić information content (AvgIpc) is 2.81. The summed E-state index contributed by atoms with van der Waals surface area (Å²) in [4.78, 5) is 24.7. The molecular formula is C14H17NO3. The third-order valence-corrected chi connectivity index (χ3v) is 3.46. The normalized spacial score (nSPS) is 18.9. The molecule has 0 saturated carbocycles. The van der Waals surface area contributed by atoms with Crippen LogP contribution in [0.15, 0.2) is 24.3 Å². The molecule has 2 rings (SSSR count). The molecule has 1 atom stereocenters. The fourth-order valence-corrected chi connectivity index (χ4v) is 2.39. The number of carbonyl (C=O) groups excluding carboxylic acids is 1. The van der Waals surface area contributed by atoms with E-state index >= 15 is 0 Å². The number of amides is 1. The molecule has 0 aromatic heterocycles. The fourth-order valence-electron chi connectivity index (χ4n) is 2.39. The third-order valence-electron chi connectivity index (χ3n) is 3.46. The molecule has 1 aliphatic rings. The fraction of sp³-hybridized carbons (Fsp3) is 0.429. The van der Waals surface area contributed by atoms with Gasteiger partial charge in [-0.05, 0) is 30.9 Å². The molecule has 1 N–H and O–H groups in total. The zero-order chi connectivity index (χ0) is 13.1. The molecule has 18 heavy (non-hydrogen) atoms. The quantitative estimate of drug-likeness (QED) is 0.882. The van der Waals surface area contributed by atoms with Crippen LogP contribution in [0.5, 0.6) is 0 Å². The lowest BCUT2D eigenvalue weighted by Gasteiger charge is -2.21. The molecule has 0 unspecified atom stereocenters. The number of hydrogen-bond donors (Lipinski definition) is 1. The molecule has 1 heterocycles. The van der Waals surface area contributed by atoms with Gasteiger partial charge in [-0.25, -0.2) is 4.79 Å². The molecule has 0 spiro atoms. The first kappa shape index (κ1) is 12.6. The maximum atomic E-state index is 12.1. The van der Waals surface area contributed by atoms with Gasteiger partial charge in [0.1, 0.15) is 6.04 Å². The van der Waals surface area contributed by atoms with Crippen LogP contribution in [-0.4, -0.2) is 34.5 Å². The topological polar surface area (TPSA) is 57.6 Å². The van der Waals surface area contributed by atoms with Crippen molar-refractivity contribution in [1.82, 2.24) is 4.90 Å². The second-order valence-electron chi connectivity index (χ2n) is 4.69. The van der Waals surface area contributed by atoms with Gasteiger partial charge in [-0.15, -0.1) is 0 Å². The molecular weight excluding hydrogens is 230 g/mol. The van der Waals surface area contributed by atoms with Crippen molar-refractivity contribution in [2.45, 2.75) is 32.2 Å². The highest BCUT2D eigenvalue weighted by atomic mass is 16.4. The molecule has 1 fully saturated rings. The molecule has 0 bridgehead atoms. The van der Waals surface area contributed by atoms with Crippen molar-refractivity contribution < 1.29 is 14.7 Å². The minimum Gasteiger partial charge on any atom is -0.480 e.